The number of piperidine rings is 1. The Labute approximate surface area is 100 Å². The van der Waals surface area contributed by atoms with Gasteiger partial charge in [0, 0.05) is 29.7 Å². The summed E-state index contributed by atoms with van der Waals surface area (Å²) in [5.74, 6) is -0.599. The summed E-state index contributed by atoms with van der Waals surface area (Å²) in [5, 5.41) is 0. The summed E-state index contributed by atoms with van der Waals surface area (Å²) in [5.41, 5.74) is 0. The highest BCUT2D eigenvalue weighted by molar-refractivity contribution is 8.11. The van der Waals surface area contributed by atoms with E-state index in [2.05, 4.69) is 0 Å². The van der Waals surface area contributed by atoms with E-state index in [0.29, 0.717) is 26.3 Å². The van der Waals surface area contributed by atoms with Crippen LogP contribution in [0.3, 0.4) is 0 Å². The maximum Gasteiger partial charge on any atom is 0.299 e. The molecule has 0 aromatic carbocycles. The molecule has 0 aromatic rings. The molecule has 2 fully saturated rings. The van der Waals surface area contributed by atoms with E-state index in [-0.39, 0.29) is 5.92 Å². The van der Waals surface area contributed by atoms with Crippen molar-refractivity contribution in [2.75, 3.05) is 26.3 Å². The first-order valence-electron chi connectivity index (χ1n) is 5.39. The van der Waals surface area contributed by atoms with Gasteiger partial charge < -0.3 is 9.47 Å². The number of rotatable bonds is 2. The monoisotopic (exact) mass is 269 g/mol. The Morgan fingerprint density at radius 2 is 2.00 bits per heavy atom. The van der Waals surface area contributed by atoms with Gasteiger partial charge in [-0.2, -0.15) is 12.7 Å². The van der Waals surface area contributed by atoms with Crippen molar-refractivity contribution in [1.29, 1.82) is 0 Å². The van der Waals surface area contributed by atoms with Crippen LogP contribution in [0.5, 0.6) is 0 Å². The third kappa shape index (κ3) is 2.51. The highest BCUT2D eigenvalue weighted by atomic mass is 35.7. The zero-order valence-corrected chi connectivity index (χ0v) is 10.8. The van der Waals surface area contributed by atoms with E-state index in [0.717, 1.165) is 12.8 Å². The zero-order valence-electron chi connectivity index (χ0n) is 9.19. The van der Waals surface area contributed by atoms with Crippen molar-refractivity contribution in [2.45, 2.75) is 25.6 Å². The van der Waals surface area contributed by atoms with Crippen molar-refractivity contribution in [3.63, 3.8) is 0 Å². The molecule has 0 saturated carbocycles. The van der Waals surface area contributed by atoms with Crippen LogP contribution in [0.25, 0.3) is 0 Å². The molecule has 1 atom stereocenters. The molecule has 2 rings (SSSR count). The van der Waals surface area contributed by atoms with Gasteiger partial charge in [-0.1, -0.05) is 0 Å². The Kier molecular flexibility index (Phi) is 3.47. The summed E-state index contributed by atoms with van der Waals surface area (Å²) in [4.78, 5) is 0. The maximum atomic E-state index is 11.3. The molecule has 0 spiro atoms. The van der Waals surface area contributed by atoms with E-state index in [1.165, 1.54) is 4.31 Å². The first-order chi connectivity index (χ1) is 7.42. The van der Waals surface area contributed by atoms with E-state index in [1.807, 2.05) is 6.92 Å². The first kappa shape index (κ1) is 12.6. The molecule has 7 heteroatoms. The van der Waals surface area contributed by atoms with Crippen LogP contribution in [0.4, 0.5) is 0 Å². The molecule has 94 valence electrons. The predicted octanol–water partition coefficient (Wildman–Crippen LogP) is 0.945. The van der Waals surface area contributed by atoms with Gasteiger partial charge in [-0.3, -0.25) is 0 Å². The zero-order chi connectivity index (χ0) is 11.8. The molecule has 5 nitrogen and oxygen atoms in total. The minimum atomic E-state index is -3.62. The van der Waals surface area contributed by atoms with Crippen molar-refractivity contribution < 1.29 is 17.9 Å². The average Bonchev–Trinajstić information content (AvgIpc) is 2.66. The van der Waals surface area contributed by atoms with Gasteiger partial charge in [-0.05, 0) is 19.8 Å². The van der Waals surface area contributed by atoms with Crippen LogP contribution >= 0.6 is 10.7 Å². The van der Waals surface area contributed by atoms with Crippen LogP contribution in [-0.4, -0.2) is 44.8 Å². The van der Waals surface area contributed by atoms with Gasteiger partial charge in [0.1, 0.15) is 0 Å². The van der Waals surface area contributed by atoms with Gasteiger partial charge in [0.05, 0.1) is 13.2 Å². The summed E-state index contributed by atoms with van der Waals surface area (Å²) in [6.07, 6.45) is 1.69. The minimum Gasteiger partial charge on any atom is -0.347 e. The number of hydrogen-bond acceptors (Lipinski definition) is 4. The summed E-state index contributed by atoms with van der Waals surface area (Å²) in [6.45, 7) is 3.87. The molecule has 16 heavy (non-hydrogen) atoms. The van der Waals surface area contributed by atoms with Crippen molar-refractivity contribution in [3.8, 4) is 0 Å². The molecular weight excluding hydrogens is 254 g/mol. The van der Waals surface area contributed by atoms with Crippen LogP contribution < -0.4 is 0 Å². The Morgan fingerprint density at radius 1 is 1.38 bits per heavy atom. The lowest BCUT2D eigenvalue weighted by molar-refractivity contribution is -0.188. The smallest absolute Gasteiger partial charge is 0.299 e. The van der Waals surface area contributed by atoms with Gasteiger partial charge in [0.15, 0.2) is 5.79 Å². The van der Waals surface area contributed by atoms with E-state index in [9.17, 15) is 8.42 Å². The molecule has 0 bridgehead atoms. The van der Waals surface area contributed by atoms with Gasteiger partial charge in [-0.25, -0.2) is 0 Å². The fourth-order valence-electron chi connectivity index (χ4n) is 2.33. The quantitative estimate of drug-likeness (QED) is 0.701. The van der Waals surface area contributed by atoms with Crippen molar-refractivity contribution in [2.24, 2.45) is 5.92 Å². The SMILES string of the molecule is CC1(C2CCCN(S(=O)(=O)Cl)C2)OCCO1. The molecule has 0 aromatic heterocycles. The molecule has 2 saturated heterocycles. The van der Waals surface area contributed by atoms with Crippen LogP contribution in [0.15, 0.2) is 0 Å². The Morgan fingerprint density at radius 3 is 2.56 bits per heavy atom. The van der Waals surface area contributed by atoms with E-state index in [4.69, 9.17) is 20.2 Å². The fraction of sp³-hybridized carbons (Fsp3) is 1.00. The van der Waals surface area contributed by atoms with Crippen molar-refractivity contribution >= 4 is 19.9 Å². The largest absolute Gasteiger partial charge is 0.347 e. The summed E-state index contributed by atoms with van der Waals surface area (Å²) < 4.78 is 34.9. The molecule has 2 heterocycles. The van der Waals surface area contributed by atoms with E-state index in [1.54, 1.807) is 0 Å². The Balaban J connectivity index is 2.07. The lowest BCUT2D eigenvalue weighted by Crippen LogP contribution is -2.47. The van der Waals surface area contributed by atoms with Crippen LogP contribution in [0.2, 0.25) is 0 Å². The third-order valence-corrected chi connectivity index (χ3v) is 4.83. The lowest BCUT2D eigenvalue weighted by atomic mass is 9.92. The Hall–Kier alpha value is 0.120. The molecule has 0 aliphatic carbocycles. The average molecular weight is 270 g/mol. The van der Waals surface area contributed by atoms with E-state index < -0.39 is 15.0 Å². The topological polar surface area (TPSA) is 55.8 Å². The molecule has 2 aliphatic rings. The third-order valence-electron chi connectivity index (χ3n) is 3.29. The first-order valence-corrected chi connectivity index (χ1v) is 7.66. The van der Waals surface area contributed by atoms with Crippen molar-refractivity contribution in [3.05, 3.63) is 0 Å². The number of nitrogens with zero attached hydrogens (tertiary/aromatic N) is 1. The van der Waals surface area contributed by atoms with Crippen molar-refractivity contribution in [1.82, 2.24) is 4.31 Å². The van der Waals surface area contributed by atoms with Gasteiger partial charge in [0.25, 0.3) is 9.24 Å². The molecular formula is C9H16ClNO4S. The minimum absolute atomic E-state index is 0.0530. The Bertz CT molecular complexity index is 353. The summed E-state index contributed by atoms with van der Waals surface area (Å²) >= 11 is 0. The van der Waals surface area contributed by atoms with Crippen LogP contribution in [0, 0.1) is 5.92 Å². The molecule has 1 unspecified atom stereocenters. The highest BCUT2D eigenvalue weighted by Crippen LogP contribution is 2.35. The molecule has 0 N–H and O–H groups in total. The second kappa shape index (κ2) is 4.42. The van der Waals surface area contributed by atoms with Crippen LogP contribution in [-0.2, 0) is 18.7 Å². The molecule has 0 amide bonds. The van der Waals surface area contributed by atoms with E-state index >= 15 is 0 Å². The number of halogens is 1. The standard InChI is InChI=1S/C9H16ClNO4S/c1-9(14-5-6-15-9)8-3-2-4-11(7-8)16(10,12)13/h8H,2-7H2,1H3. The van der Waals surface area contributed by atoms with Gasteiger partial charge in [0.2, 0.25) is 0 Å². The van der Waals surface area contributed by atoms with Gasteiger partial charge >= 0.3 is 0 Å². The predicted molar refractivity (Wildman–Crippen MR) is 59.4 cm³/mol. The summed E-state index contributed by atoms with van der Waals surface area (Å²) in [7, 11) is 1.73. The summed E-state index contributed by atoms with van der Waals surface area (Å²) in [6, 6.07) is 0. The molecule has 0 radical (unpaired) electrons. The van der Waals surface area contributed by atoms with Gasteiger partial charge in [-0.15, -0.1) is 0 Å². The van der Waals surface area contributed by atoms with Crippen LogP contribution in [0.1, 0.15) is 19.8 Å². The fourth-order valence-corrected chi connectivity index (χ4v) is 3.42. The number of hydrogen-bond donors (Lipinski definition) is 0. The highest BCUT2D eigenvalue weighted by Gasteiger charge is 2.43. The maximum absolute atomic E-state index is 11.3. The second-order valence-corrected chi connectivity index (χ2v) is 6.86. The normalized spacial score (nSPS) is 31.8. The number of ether oxygens (including phenoxy) is 2. The molecule has 2 aliphatic heterocycles. The lowest BCUT2D eigenvalue weighted by Gasteiger charge is -2.38. The second-order valence-electron chi connectivity index (χ2n) is 4.35.